The molecule has 12 heteroatoms. The predicted molar refractivity (Wildman–Crippen MR) is 120 cm³/mol. The Morgan fingerprint density at radius 1 is 1.16 bits per heavy atom. The molecule has 0 spiro atoms. The zero-order chi connectivity index (χ0) is 22.1. The summed E-state index contributed by atoms with van der Waals surface area (Å²) in [6.45, 7) is 3.73. The van der Waals surface area contributed by atoms with Gasteiger partial charge in [0.05, 0.1) is 4.92 Å². The number of para-hydroxylation sites is 1. The third-order valence-electron chi connectivity index (χ3n) is 4.53. The number of nitrogens with one attached hydrogen (secondary N) is 2. The Kier molecular flexibility index (Phi) is 5.40. The van der Waals surface area contributed by atoms with Gasteiger partial charge in [-0.25, -0.2) is 0 Å². The molecule has 31 heavy (non-hydrogen) atoms. The lowest BCUT2D eigenvalue weighted by atomic mass is 10.1. The summed E-state index contributed by atoms with van der Waals surface area (Å²) in [7, 11) is 0. The molecule has 0 bridgehead atoms. The molecule has 0 aliphatic carbocycles. The molecule has 2 heterocycles. The highest BCUT2D eigenvalue weighted by molar-refractivity contribution is 7.80. The van der Waals surface area contributed by atoms with Crippen LogP contribution in [0.3, 0.4) is 0 Å². The molecule has 10 nitrogen and oxygen atoms in total. The Bertz CT molecular complexity index is 1350. The molecule has 4 aromatic rings. The van der Waals surface area contributed by atoms with E-state index in [1.165, 1.54) is 29.5 Å². The Hall–Kier alpha value is -3.77. The van der Waals surface area contributed by atoms with Gasteiger partial charge in [-0.1, -0.05) is 35.6 Å². The second kappa shape index (κ2) is 8.16. The molecule has 4 rings (SSSR count). The van der Waals surface area contributed by atoms with Gasteiger partial charge < -0.3 is 5.32 Å². The highest BCUT2D eigenvalue weighted by Crippen LogP contribution is 2.31. The van der Waals surface area contributed by atoms with Gasteiger partial charge in [0.25, 0.3) is 11.6 Å². The van der Waals surface area contributed by atoms with Gasteiger partial charge in [-0.2, -0.15) is 9.61 Å². The quantitative estimate of drug-likeness (QED) is 0.273. The van der Waals surface area contributed by atoms with E-state index in [0.717, 1.165) is 16.1 Å². The number of benzene rings is 2. The topological polar surface area (TPSA) is 127 Å². The van der Waals surface area contributed by atoms with E-state index in [1.54, 1.807) is 10.6 Å². The molecule has 2 N–H and O–H groups in total. The summed E-state index contributed by atoms with van der Waals surface area (Å²) in [6.07, 6.45) is 0. The third-order valence-corrected chi connectivity index (χ3v) is 5.67. The minimum Gasteiger partial charge on any atom is -0.332 e. The van der Waals surface area contributed by atoms with Crippen LogP contribution in [-0.4, -0.2) is 35.8 Å². The van der Waals surface area contributed by atoms with Crippen molar-refractivity contribution in [1.82, 2.24) is 25.1 Å². The van der Waals surface area contributed by atoms with E-state index in [9.17, 15) is 14.9 Å². The second-order valence-corrected chi connectivity index (χ2v) is 7.87. The molecule has 156 valence electrons. The lowest BCUT2D eigenvalue weighted by molar-refractivity contribution is -0.385. The number of nitrogens with zero attached hydrogens (tertiary/aromatic N) is 5. The Morgan fingerprint density at radius 2 is 1.94 bits per heavy atom. The summed E-state index contributed by atoms with van der Waals surface area (Å²) in [5, 5.41) is 30.0. The van der Waals surface area contributed by atoms with Crippen LogP contribution in [-0.2, 0) is 0 Å². The maximum atomic E-state index is 12.5. The van der Waals surface area contributed by atoms with Crippen molar-refractivity contribution in [3.63, 3.8) is 0 Å². The average molecular weight is 454 g/mol. The number of hydrogen-bond donors (Lipinski definition) is 2. The number of aryl methyl sites for hydroxylation is 1. The summed E-state index contributed by atoms with van der Waals surface area (Å²) >= 11 is 6.66. The fourth-order valence-electron chi connectivity index (χ4n) is 2.98. The molecular formula is C19H15N7O3S2. The van der Waals surface area contributed by atoms with Crippen LogP contribution in [0.5, 0.6) is 0 Å². The lowest BCUT2D eigenvalue weighted by Crippen LogP contribution is -2.34. The van der Waals surface area contributed by atoms with Crippen molar-refractivity contribution in [1.29, 1.82) is 0 Å². The smallest absolute Gasteiger partial charge is 0.282 e. The van der Waals surface area contributed by atoms with E-state index in [0.29, 0.717) is 16.5 Å². The van der Waals surface area contributed by atoms with Crippen molar-refractivity contribution in [3.05, 3.63) is 69.5 Å². The SMILES string of the molecule is Cc1c(NC(=S)NC(=O)c2ccccc2[N+](=O)[O-])cccc1-c1nn2c(C)nnc2s1. The first-order chi connectivity index (χ1) is 14.8. The van der Waals surface area contributed by atoms with Crippen molar-refractivity contribution < 1.29 is 9.72 Å². The monoisotopic (exact) mass is 453 g/mol. The first kappa shape index (κ1) is 20.5. The number of nitro groups is 1. The van der Waals surface area contributed by atoms with E-state index in [1.807, 2.05) is 32.0 Å². The van der Waals surface area contributed by atoms with E-state index in [-0.39, 0.29) is 16.4 Å². The molecule has 0 aliphatic rings. The van der Waals surface area contributed by atoms with Crippen molar-refractivity contribution in [2.75, 3.05) is 5.32 Å². The van der Waals surface area contributed by atoms with Gasteiger partial charge in [0.1, 0.15) is 10.6 Å². The number of thiocarbonyl (C=S) groups is 1. The Labute approximate surface area is 185 Å². The molecule has 0 radical (unpaired) electrons. The molecule has 0 aliphatic heterocycles. The molecule has 2 aromatic heterocycles. The summed E-state index contributed by atoms with van der Waals surface area (Å²) in [4.78, 5) is 23.7. The number of carbonyl (C=O) groups is 1. The van der Waals surface area contributed by atoms with Crippen LogP contribution >= 0.6 is 23.6 Å². The Balaban J connectivity index is 1.54. The van der Waals surface area contributed by atoms with Gasteiger partial charge in [-0.15, -0.1) is 10.2 Å². The predicted octanol–water partition coefficient (Wildman–Crippen LogP) is 3.50. The molecule has 2 aromatic carbocycles. The van der Waals surface area contributed by atoms with E-state index < -0.39 is 10.8 Å². The Morgan fingerprint density at radius 3 is 2.68 bits per heavy atom. The fraction of sp³-hybridized carbons (Fsp3) is 0.105. The van der Waals surface area contributed by atoms with Gasteiger partial charge in [0.2, 0.25) is 4.96 Å². The molecule has 0 atom stereocenters. The third kappa shape index (κ3) is 3.98. The molecule has 1 amide bonds. The second-order valence-electron chi connectivity index (χ2n) is 6.51. The summed E-state index contributed by atoms with van der Waals surface area (Å²) in [6, 6.07) is 11.3. The minimum absolute atomic E-state index is 0.0254. The van der Waals surface area contributed by atoms with Gasteiger partial charge in [0.15, 0.2) is 10.9 Å². The van der Waals surface area contributed by atoms with Crippen molar-refractivity contribution in [2.45, 2.75) is 13.8 Å². The number of aromatic nitrogens is 4. The van der Waals surface area contributed by atoms with Crippen LogP contribution in [0.25, 0.3) is 15.5 Å². The zero-order valence-corrected chi connectivity index (χ0v) is 18.0. The number of hydrogen-bond acceptors (Lipinski definition) is 8. The van der Waals surface area contributed by atoms with Crippen molar-refractivity contribution >= 4 is 50.9 Å². The normalized spacial score (nSPS) is 10.8. The highest BCUT2D eigenvalue weighted by Gasteiger charge is 2.20. The summed E-state index contributed by atoms with van der Waals surface area (Å²) in [5.41, 5.74) is 2.06. The van der Waals surface area contributed by atoms with Crippen LogP contribution in [0.2, 0.25) is 0 Å². The minimum atomic E-state index is -0.664. The first-order valence-corrected chi connectivity index (χ1v) is 10.2. The van der Waals surface area contributed by atoms with Gasteiger partial charge in [0, 0.05) is 17.3 Å². The van der Waals surface area contributed by atoms with Crippen LogP contribution in [0.15, 0.2) is 42.5 Å². The zero-order valence-electron chi connectivity index (χ0n) is 16.3. The number of nitro benzene ring substituents is 1. The maximum Gasteiger partial charge on any atom is 0.282 e. The number of rotatable bonds is 4. The number of anilines is 1. The summed E-state index contributed by atoms with van der Waals surface area (Å²) in [5.74, 6) is 0.0334. The van der Waals surface area contributed by atoms with Gasteiger partial charge in [-0.3, -0.25) is 20.2 Å². The van der Waals surface area contributed by atoms with Crippen LogP contribution in [0, 0.1) is 24.0 Å². The molecular weight excluding hydrogens is 438 g/mol. The van der Waals surface area contributed by atoms with E-state index in [2.05, 4.69) is 25.9 Å². The number of fused-ring (bicyclic) bond motifs is 1. The fourth-order valence-corrected chi connectivity index (χ4v) is 4.15. The molecule has 0 fully saturated rings. The maximum absolute atomic E-state index is 12.5. The molecule has 0 saturated heterocycles. The summed E-state index contributed by atoms with van der Waals surface area (Å²) < 4.78 is 1.68. The van der Waals surface area contributed by atoms with Gasteiger partial charge >= 0.3 is 0 Å². The van der Waals surface area contributed by atoms with E-state index in [4.69, 9.17) is 12.2 Å². The van der Waals surface area contributed by atoms with Crippen molar-refractivity contribution in [2.24, 2.45) is 0 Å². The van der Waals surface area contributed by atoms with Crippen LogP contribution in [0.4, 0.5) is 11.4 Å². The highest BCUT2D eigenvalue weighted by atomic mass is 32.1. The molecule has 0 saturated carbocycles. The largest absolute Gasteiger partial charge is 0.332 e. The number of carbonyl (C=O) groups excluding carboxylic acids is 1. The molecule has 0 unspecified atom stereocenters. The average Bonchev–Trinajstić information content (AvgIpc) is 3.31. The first-order valence-electron chi connectivity index (χ1n) is 8.99. The standard InChI is InChI=1S/C19H15N7O3S2/c1-10-12(17-24-25-11(2)22-23-19(25)31-17)7-5-8-14(10)20-18(30)21-16(27)13-6-3-4-9-15(13)26(28)29/h3-9H,1-2H3,(H2,20,21,27,30). The van der Waals surface area contributed by atoms with Crippen LogP contribution < -0.4 is 10.6 Å². The van der Waals surface area contributed by atoms with Crippen LogP contribution in [0.1, 0.15) is 21.7 Å². The van der Waals surface area contributed by atoms with Gasteiger partial charge in [-0.05, 0) is 43.8 Å². The van der Waals surface area contributed by atoms with E-state index >= 15 is 0 Å². The van der Waals surface area contributed by atoms with Crippen molar-refractivity contribution in [3.8, 4) is 10.6 Å². The lowest BCUT2D eigenvalue weighted by Gasteiger charge is -2.13. The number of amides is 1.